The average Bonchev–Trinajstić information content (AvgIpc) is 3.18. The van der Waals surface area contributed by atoms with Crippen LogP contribution in [0, 0.1) is 0 Å². The first-order valence-corrected chi connectivity index (χ1v) is 6.75. The molecule has 3 N–H and O–H groups in total. The Hall–Kier alpha value is -1.81. The van der Waals surface area contributed by atoms with Gasteiger partial charge in [-0.1, -0.05) is 0 Å². The summed E-state index contributed by atoms with van der Waals surface area (Å²) in [5.41, 5.74) is 10.4. The van der Waals surface area contributed by atoms with Crippen LogP contribution in [0.4, 0.5) is 5.69 Å². The molecule has 19 heavy (non-hydrogen) atoms. The summed E-state index contributed by atoms with van der Waals surface area (Å²) < 4.78 is 0. The predicted molar refractivity (Wildman–Crippen MR) is 78.2 cm³/mol. The first-order valence-electron chi connectivity index (χ1n) is 6.75. The summed E-state index contributed by atoms with van der Waals surface area (Å²) in [5.74, 6) is 1.57. The molecule has 1 saturated carbocycles. The summed E-state index contributed by atoms with van der Waals surface area (Å²) in [6, 6.07) is 8.42. The van der Waals surface area contributed by atoms with Crippen LogP contribution in [0.15, 0.2) is 24.3 Å². The molecule has 0 atom stereocenters. The molecule has 0 aliphatic heterocycles. The van der Waals surface area contributed by atoms with Crippen LogP contribution < -0.4 is 10.6 Å². The fraction of sp³-hybridized carbons (Fsp3) is 0.400. The number of nitrogens with two attached hydrogens (primary N) is 1. The van der Waals surface area contributed by atoms with Crippen molar-refractivity contribution < 1.29 is 0 Å². The zero-order valence-electron chi connectivity index (χ0n) is 11.5. The average molecular weight is 256 g/mol. The molecule has 1 aromatic heterocycles. The number of aromatic amines is 1. The highest BCUT2D eigenvalue weighted by atomic mass is 15.1. The maximum absolute atomic E-state index is 5.79. The van der Waals surface area contributed by atoms with Gasteiger partial charge in [0.15, 0.2) is 0 Å². The Labute approximate surface area is 113 Å². The van der Waals surface area contributed by atoms with E-state index in [-0.39, 0.29) is 0 Å². The van der Waals surface area contributed by atoms with Crippen molar-refractivity contribution in [1.82, 2.24) is 9.97 Å². The number of anilines is 1. The Bertz CT molecular complexity index is 564. The number of nitrogens with one attached hydrogen (secondary N) is 1. The molecule has 0 spiro atoms. The molecule has 4 heteroatoms. The third-order valence-corrected chi connectivity index (χ3v) is 3.64. The van der Waals surface area contributed by atoms with E-state index < -0.39 is 0 Å². The monoisotopic (exact) mass is 256 g/mol. The number of rotatable bonds is 4. The molecule has 100 valence electrons. The first-order chi connectivity index (χ1) is 9.19. The number of nitrogens with zero attached hydrogens (tertiary/aromatic N) is 2. The second-order valence-corrected chi connectivity index (χ2v) is 5.37. The number of imidazole rings is 1. The van der Waals surface area contributed by atoms with Gasteiger partial charge in [-0.2, -0.15) is 0 Å². The Kier molecular flexibility index (Phi) is 3.03. The maximum Gasteiger partial charge on any atom is 0.137 e. The summed E-state index contributed by atoms with van der Waals surface area (Å²) in [6.07, 6.45) is 2.49. The van der Waals surface area contributed by atoms with Crippen LogP contribution in [0.1, 0.15) is 30.1 Å². The molecule has 0 amide bonds. The van der Waals surface area contributed by atoms with Gasteiger partial charge in [-0.15, -0.1) is 0 Å². The number of aromatic nitrogens is 2. The van der Waals surface area contributed by atoms with Gasteiger partial charge in [0, 0.05) is 37.8 Å². The van der Waals surface area contributed by atoms with Crippen molar-refractivity contribution >= 4 is 5.69 Å². The van der Waals surface area contributed by atoms with Crippen molar-refractivity contribution in [3.8, 4) is 11.4 Å². The molecule has 0 unspecified atom stereocenters. The highest BCUT2D eigenvalue weighted by Crippen LogP contribution is 2.41. The van der Waals surface area contributed by atoms with Crippen molar-refractivity contribution in [1.29, 1.82) is 0 Å². The Balaban J connectivity index is 1.92. The molecule has 0 radical (unpaired) electrons. The normalized spacial score (nSPS) is 14.7. The summed E-state index contributed by atoms with van der Waals surface area (Å²) in [5, 5.41) is 0. The Morgan fingerprint density at radius 1 is 1.26 bits per heavy atom. The summed E-state index contributed by atoms with van der Waals surface area (Å²) >= 11 is 0. The van der Waals surface area contributed by atoms with Gasteiger partial charge >= 0.3 is 0 Å². The second kappa shape index (κ2) is 4.70. The molecular formula is C15H20N4. The van der Waals surface area contributed by atoms with Gasteiger partial charge in [0.2, 0.25) is 0 Å². The van der Waals surface area contributed by atoms with Crippen LogP contribution in [0.5, 0.6) is 0 Å². The van der Waals surface area contributed by atoms with Crippen molar-refractivity contribution in [3.05, 3.63) is 35.7 Å². The van der Waals surface area contributed by atoms with Gasteiger partial charge in [-0.25, -0.2) is 4.98 Å². The van der Waals surface area contributed by atoms with Gasteiger partial charge in [0.1, 0.15) is 5.82 Å². The molecule has 1 aliphatic rings. The fourth-order valence-corrected chi connectivity index (χ4v) is 2.33. The number of benzene rings is 1. The molecule has 0 bridgehead atoms. The number of hydrogen-bond donors (Lipinski definition) is 2. The summed E-state index contributed by atoms with van der Waals surface area (Å²) in [7, 11) is 4.08. The molecule has 3 rings (SSSR count). The zero-order valence-corrected chi connectivity index (χ0v) is 11.5. The minimum absolute atomic E-state index is 0.536. The van der Waals surface area contributed by atoms with Crippen molar-refractivity contribution in [3.63, 3.8) is 0 Å². The molecule has 1 aliphatic carbocycles. The molecular weight excluding hydrogens is 236 g/mol. The maximum atomic E-state index is 5.79. The van der Waals surface area contributed by atoms with Crippen LogP contribution in [0.2, 0.25) is 0 Å². The number of hydrogen-bond acceptors (Lipinski definition) is 3. The SMILES string of the molecule is CN(C)c1ccc(-c2nc(C3CC3)c(CN)[nH]2)cc1. The summed E-state index contributed by atoms with van der Waals surface area (Å²) in [4.78, 5) is 10.2. The minimum atomic E-state index is 0.536. The molecule has 1 aromatic carbocycles. The van der Waals surface area contributed by atoms with Gasteiger partial charge in [-0.3, -0.25) is 0 Å². The van der Waals surface area contributed by atoms with E-state index in [0.717, 1.165) is 17.1 Å². The van der Waals surface area contributed by atoms with E-state index in [0.29, 0.717) is 12.5 Å². The zero-order chi connectivity index (χ0) is 13.4. The van der Waals surface area contributed by atoms with E-state index in [1.54, 1.807) is 0 Å². The van der Waals surface area contributed by atoms with E-state index in [1.807, 2.05) is 14.1 Å². The summed E-state index contributed by atoms with van der Waals surface area (Å²) in [6.45, 7) is 0.536. The van der Waals surface area contributed by atoms with Gasteiger partial charge in [-0.05, 0) is 37.1 Å². The van der Waals surface area contributed by atoms with E-state index >= 15 is 0 Å². The van der Waals surface area contributed by atoms with Crippen LogP contribution in [0.25, 0.3) is 11.4 Å². The lowest BCUT2D eigenvalue weighted by atomic mass is 10.2. The first kappa shape index (κ1) is 12.2. The van der Waals surface area contributed by atoms with Crippen molar-refractivity contribution in [2.45, 2.75) is 25.3 Å². The van der Waals surface area contributed by atoms with Crippen molar-refractivity contribution in [2.24, 2.45) is 5.73 Å². The van der Waals surface area contributed by atoms with E-state index in [2.05, 4.69) is 34.1 Å². The fourth-order valence-electron chi connectivity index (χ4n) is 2.33. The molecule has 2 aromatic rings. The number of H-pyrrole nitrogens is 1. The quantitative estimate of drug-likeness (QED) is 0.883. The molecule has 1 fully saturated rings. The van der Waals surface area contributed by atoms with Crippen LogP contribution in [-0.2, 0) is 6.54 Å². The molecule has 4 nitrogen and oxygen atoms in total. The standard InChI is InChI=1S/C15H20N4/c1-19(2)12-7-5-11(6-8-12)15-17-13(9-16)14(18-15)10-3-4-10/h5-8,10H,3-4,9,16H2,1-2H3,(H,17,18). The van der Waals surface area contributed by atoms with Gasteiger partial charge in [0.05, 0.1) is 11.4 Å². The van der Waals surface area contributed by atoms with Crippen molar-refractivity contribution in [2.75, 3.05) is 19.0 Å². The van der Waals surface area contributed by atoms with Crippen LogP contribution in [-0.4, -0.2) is 24.1 Å². The Morgan fingerprint density at radius 2 is 1.95 bits per heavy atom. The van der Waals surface area contributed by atoms with E-state index in [9.17, 15) is 0 Å². The smallest absolute Gasteiger partial charge is 0.137 e. The lowest BCUT2D eigenvalue weighted by Crippen LogP contribution is -2.07. The topological polar surface area (TPSA) is 57.9 Å². The highest BCUT2D eigenvalue weighted by Gasteiger charge is 2.29. The van der Waals surface area contributed by atoms with E-state index in [1.165, 1.54) is 24.2 Å². The lowest BCUT2D eigenvalue weighted by Gasteiger charge is -2.12. The second-order valence-electron chi connectivity index (χ2n) is 5.37. The molecule has 0 saturated heterocycles. The molecule has 1 heterocycles. The predicted octanol–water partition coefficient (Wildman–Crippen LogP) is 2.48. The largest absolute Gasteiger partial charge is 0.378 e. The highest BCUT2D eigenvalue weighted by molar-refractivity contribution is 5.61. The van der Waals surface area contributed by atoms with Crippen LogP contribution in [0.3, 0.4) is 0 Å². The van der Waals surface area contributed by atoms with Gasteiger partial charge in [0.25, 0.3) is 0 Å². The Morgan fingerprint density at radius 3 is 2.47 bits per heavy atom. The van der Waals surface area contributed by atoms with Crippen LogP contribution >= 0.6 is 0 Å². The minimum Gasteiger partial charge on any atom is -0.378 e. The van der Waals surface area contributed by atoms with E-state index in [4.69, 9.17) is 10.7 Å². The third-order valence-electron chi connectivity index (χ3n) is 3.64. The third kappa shape index (κ3) is 2.36. The van der Waals surface area contributed by atoms with Gasteiger partial charge < -0.3 is 15.6 Å². The lowest BCUT2D eigenvalue weighted by molar-refractivity contribution is 0.944.